The molecule has 0 atom stereocenters. The number of hydrogen-bond donors (Lipinski definition) is 4. The van der Waals surface area contributed by atoms with E-state index in [9.17, 15) is 4.79 Å². The van der Waals surface area contributed by atoms with Crippen LogP contribution in [0.4, 0.5) is 0 Å². The SMILES string of the molecule is CC(CO)(CO)NC(=O)c1csc(CN)n1. The van der Waals surface area contributed by atoms with Gasteiger partial charge in [-0.25, -0.2) is 4.98 Å². The molecule has 0 saturated carbocycles. The second kappa shape index (κ2) is 5.35. The molecule has 0 fully saturated rings. The highest BCUT2D eigenvalue weighted by molar-refractivity contribution is 7.09. The molecule has 7 heteroatoms. The number of aromatic nitrogens is 1. The van der Waals surface area contributed by atoms with Gasteiger partial charge in [-0.1, -0.05) is 0 Å². The molecule has 6 nitrogen and oxygen atoms in total. The predicted octanol–water partition coefficient (Wildman–Crippen LogP) is -0.925. The van der Waals surface area contributed by atoms with Gasteiger partial charge < -0.3 is 21.3 Å². The number of carbonyl (C=O) groups is 1. The zero-order chi connectivity index (χ0) is 12.2. The van der Waals surface area contributed by atoms with E-state index in [0.717, 1.165) is 0 Å². The highest BCUT2D eigenvalue weighted by Gasteiger charge is 2.26. The Morgan fingerprint density at radius 3 is 2.69 bits per heavy atom. The van der Waals surface area contributed by atoms with E-state index in [1.54, 1.807) is 12.3 Å². The van der Waals surface area contributed by atoms with E-state index in [2.05, 4.69) is 10.3 Å². The molecular weight excluding hydrogens is 230 g/mol. The third kappa shape index (κ3) is 2.99. The van der Waals surface area contributed by atoms with Crippen LogP contribution in [-0.4, -0.2) is 39.9 Å². The second-order valence-corrected chi connectivity index (χ2v) is 4.60. The van der Waals surface area contributed by atoms with Crippen LogP contribution in [0.1, 0.15) is 22.4 Å². The maximum absolute atomic E-state index is 11.7. The van der Waals surface area contributed by atoms with Crippen molar-refractivity contribution in [1.29, 1.82) is 0 Å². The first-order valence-electron chi connectivity index (χ1n) is 4.73. The first-order valence-corrected chi connectivity index (χ1v) is 5.61. The summed E-state index contributed by atoms with van der Waals surface area (Å²) in [7, 11) is 0. The summed E-state index contributed by atoms with van der Waals surface area (Å²) in [6, 6.07) is 0. The minimum absolute atomic E-state index is 0.249. The first kappa shape index (κ1) is 13.0. The molecule has 1 rings (SSSR count). The zero-order valence-electron chi connectivity index (χ0n) is 8.93. The summed E-state index contributed by atoms with van der Waals surface area (Å²) in [5.74, 6) is -0.429. The molecule has 0 unspecified atom stereocenters. The van der Waals surface area contributed by atoms with Gasteiger partial charge in [-0.3, -0.25) is 4.79 Å². The topological polar surface area (TPSA) is 108 Å². The Kier molecular flexibility index (Phi) is 4.36. The van der Waals surface area contributed by atoms with Crippen molar-refractivity contribution in [3.05, 3.63) is 16.1 Å². The summed E-state index contributed by atoms with van der Waals surface area (Å²) in [5, 5.41) is 22.8. The standard InChI is InChI=1S/C9H15N3O3S/c1-9(4-13,5-14)12-8(15)6-3-16-7(2-10)11-6/h3,13-14H,2,4-5,10H2,1H3,(H,12,15). The molecule has 1 aromatic rings. The molecule has 16 heavy (non-hydrogen) atoms. The molecule has 0 radical (unpaired) electrons. The number of amides is 1. The van der Waals surface area contributed by atoms with E-state index in [1.807, 2.05) is 0 Å². The van der Waals surface area contributed by atoms with Crippen molar-refractivity contribution < 1.29 is 15.0 Å². The van der Waals surface area contributed by atoms with Gasteiger partial charge in [0.25, 0.3) is 5.91 Å². The van der Waals surface area contributed by atoms with Gasteiger partial charge >= 0.3 is 0 Å². The molecule has 5 N–H and O–H groups in total. The van der Waals surface area contributed by atoms with Crippen LogP contribution in [0.2, 0.25) is 0 Å². The lowest BCUT2D eigenvalue weighted by atomic mass is 10.1. The minimum Gasteiger partial charge on any atom is -0.394 e. The Hall–Kier alpha value is -1.02. The Morgan fingerprint density at radius 2 is 2.25 bits per heavy atom. The Labute approximate surface area is 97.1 Å². The Balaban J connectivity index is 2.71. The number of aliphatic hydroxyl groups is 2. The molecule has 1 amide bonds. The van der Waals surface area contributed by atoms with Gasteiger partial charge in [0.1, 0.15) is 10.7 Å². The lowest BCUT2D eigenvalue weighted by Gasteiger charge is -2.25. The number of nitrogens with two attached hydrogens (primary N) is 1. The fourth-order valence-electron chi connectivity index (χ4n) is 0.976. The molecule has 0 aliphatic carbocycles. The van der Waals surface area contributed by atoms with E-state index in [-0.39, 0.29) is 25.5 Å². The molecule has 0 bridgehead atoms. The van der Waals surface area contributed by atoms with Crippen molar-refractivity contribution in [2.75, 3.05) is 13.2 Å². The van der Waals surface area contributed by atoms with Crippen LogP contribution in [-0.2, 0) is 6.54 Å². The third-order valence-electron chi connectivity index (χ3n) is 2.07. The summed E-state index contributed by atoms with van der Waals surface area (Å²) in [4.78, 5) is 15.7. The van der Waals surface area contributed by atoms with Crippen molar-refractivity contribution in [2.24, 2.45) is 5.73 Å². The van der Waals surface area contributed by atoms with Crippen LogP contribution < -0.4 is 11.1 Å². The van der Waals surface area contributed by atoms with Gasteiger partial charge in [0.15, 0.2) is 0 Å². The highest BCUT2D eigenvalue weighted by atomic mass is 32.1. The zero-order valence-corrected chi connectivity index (χ0v) is 9.75. The molecule has 0 spiro atoms. The second-order valence-electron chi connectivity index (χ2n) is 3.66. The fraction of sp³-hybridized carbons (Fsp3) is 0.556. The van der Waals surface area contributed by atoms with E-state index in [4.69, 9.17) is 15.9 Å². The highest BCUT2D eigenvalue weighted by Crippen LogP contribution is 2.10. The molecular formula is C9H15N3O3S. The summed E-state index contributed by atoms with van der Waals surface area (Å²) in [5.41, 5.74) is 4.59. The van der Waals surface area contributed by atoms with E-state index in [0.29, 0.717) is 5.01 Å². The maximum atomic E-state index is 11.7. The minimum atomic E-state index is -1.04. The Bertz CT molecular complexity index is 363. The average Bonchev–Trinajstić information content (AvgIpc) is 2.77. The van der Waals surface area contributed by atoms with Gasteiger partial charge in [-0.15, -0.1) is 11.3 Å². The van der Waals surface area contributed by atoms with Gasteiger partial charge in [-0.05, 0) is 6.92 Å². The molecule has 0 aliphatic rings. The normalized spacial score (nSPS) is 11.5. The number of nitrogens with zero attached hydrogens (tertiary/aromatic N) is 1. The smallest absolute Gasteiger partial charge is 0.271 e. The van der Waals surface area contributed by atoms with Crippen LogP contribution in [0.5, 0.6) is 0 Å². The van der Waals surface area contributed by atoms with E-state index < -0.39 is 11.4 Å². The molecule has 0 saturated heterocycles. The summed E-state index contributed by atoms with van der Waals surface area (Å²) in [6.07, 6.45) is 0. The average molecular weight is 245 g/mol. The number of hydrogen-bond acceptors (Lipinski definition) is 6. The molecule has 90 valence electrons. The van der Waals surface area contributed by atoms with E-state index >= 15 is 0 Å². The van der Waals surface area contributed by atoms with Gasteiger partial charge in [-0.2, -0.15) is 0 Å². The summed E-state index contributed by atoms with van der Waals surface area (Å²) in [6.45, 7) is 1.14. The molecule has 1 heterocycles. The predicted molar refractivity (Wildman–Crippen MR) is 60.0 cm³/mol. The molecule has 1 aromatic heterocycles. The van der Waals surface area contributed by atoms with Crippen LogP contribution >= 0.6 is 11.3 Å². The van der Waals surface area contributed by atoms with Crippen LogP contribution in [0.15, 0.2) is 5.38 Å². The van der Waals surface area contributed by atoms with Gasteiger partial charge in [0.05, 0.1) is 18.8 Å². The Morgan fingerprint density at radius 1 is 1.62 bits per heavy atom. The van der Waals surface area contributed by atoms with Gasteiger partial charge in [0, 0.05) is 11.9 Å². The lowest BCUT2D eigenvalue weighted by Crippen LogP contribution is -2.51. The number of thiazole rings is 1. The maximum Gasteiger partial charge on any atom is 0.271 e. The third-order valence-corrected chi connectivity index (χ3v) is 2.94. The first-order chi connectivity index (χ1) is 7.54. The van der Waals surface area contributed by atoms with Crippen LogP contribution in [0.3, 0.4) is 0 Å². The number of aliphatic hydroxyl groups excluding tert-OH is 2. The monoisotopic (exact) mass is 245 g/mol. The van der Waals surface area contributed by atoms with Gasteiger partial charge in [0.2, 0.25) is 0 Å². The van der Waals surface area contributed by atoms with E-state index in [1.165, 1.54) is 11.3 Å². The molecule has 0 aliphatic heterocycles. The van der Waals surface area contributed by atoms with Crippen molar-refractivity contribution in [2.45, 2.75) is 19.0 Å². The van der Waals surface area contributed by atoms with Crippen LogP contribution in [0, 0.1) is 0 Å². The number of carbonyl (C=O) groups excluding carboxylic acids is 1. The summed E-state index contributed by atoms with van der Waals surface area (Å²) < 4.78 is 0. The number of nitrogens with one attached hydrogen (secondary N) is 1. The van der Waals surface area contributed by atoms with Crippen molar-refractivity contribution in [1.82, 2.24) is 10.3 Å². The van der Waals surface area contributed by atoms with Crippen LogP contribution in [0.25, 0.3) is 0 Å². The number of rotatable bonds is 5. The van der Waals surface area contributed by atoms with Crippen molar-refractivity contribution in [3.8, 4) is 0 Å². The van der Waals surface area contributed by atoms with Crippen molar-refractivity contribution in [3.63, 3.8) is 0 Å². The fourth-order valence-corrected chi connectivity index (χ4v) is 1.63. The quantitative estimate of drug-likeness (QED) is 0.536. The largest absolute Gasteiger partial charge is 0.394 e. The van der Waals surface area contributed by atoms with Crippen molar-refractivity contribution >= 4 is 17.2 Å². The summed E-state index contributed by atoms with van der Waals surface area (Å²) >= 11 is 1.30. The lowest BCUT2D eigenvalue weighted by molar-refractivity contribution is 0.0720. The molecule has 0 aromatic carbocycles.